The van der Waals surface area contributed by atoms with Gasteiger partial charge in [0, 0.05) is 31.6 Å². The van der Waals surface area contributed by atoms with Gasteiger partial charge in [-0.1, -0.05) is 41.4 Å². The number of hydrogen-bond donors (Lipinski definition) is 0. The van der Waals surface area contributed by atoms with E-state index in [1.165, 1.54) is 4.68 Å². The first-order chi connectivity index (χ1) is 15.5. The van der Waals surface area contributed by atoms with E-state index < -0.39 is 0 Å². The summed E-state index contributed by atoms with van der Waals surface area (Å²) < 4.78 is 7.05. The van der Waals surface area contributed by atoms with Crippen LogP contribution in [-0.2, 0) is 0 Å². The zero-order valence-corrected chi connectivity index (χ0v) is 18.2. The van der Waals surface area contributed by atoms with Crippen molar-refractivity contribution < 1.29 is 9.21 Å². The maximum Gasteiger partial charge on any atom is 0.292 e. The summed E-state index contributed by atoms with van der Waals surface area (Å²) in [6.07, 6.45) is 1.61. The summed E-state index contributed by atoms with van der Waals surface area (Å²) in [5.41, 5.74) is 2.68. The second-order valence-electron chi connectivity index (χ2n) is 7.83. The number of anilines is 1. The highest BCUT2D eigenvalue weighted by Gasteiger charge is 2.26. The standard InChI is InChI=1S/C24H21ClN4O3/c1-16-7-8-20-17(13-16)14-21(32-20)23(30)28-11-9-27(10-12-28)19-15-26-29(24(31)22(19)25)18-5-3-2-4-6-18/h2-8,13-15H,9-12H2,1H3. The van der Waals surface area contributed by atoms with Crippen molar-refractivity contribution in [2.75, 3.05) is 31.1 Å². The Bertz CT molecular complexity index is 1350. The molecule has 0 spiro atoms. The van der Waals surface area contributed by atoms with Crippen LogP contribution in [0.25, 0.3) is 16.7 Å². The lowest BCUT2D eigenvalue weighted by Crippen LogP contribution is -2.49. The minimum absolute atomic E-state index is 0.122. The quantitative estimate of drug-likeness (QED) is 0.475. The first kappa shape index (κ1) is 20.3. The normalized spacial score (nSPS) is 14.2. The van der Waals surface area contributed by atoms with Crippen molar-refractivity contribution in [3.05, 3.63) is 87.5 Å². The molecule has 0 N–H and O–H groups in total. The monoisotopic (exact) mass is 448 g/mol. The number of benzene rings is 2. The zero-order chi connectivity index (χ0) is 22.2. The number of rotatable bonds is 3. The molecule has 2 aromatic carbocycles. The molecule has 0 unspecified atom stereocenters. The lowest BCUT2D eigenvalue weighted by atomic mass is 10.2. The summed E-state index contributed by atoms with van der Waals surface area (Å²) in [6, 6.07) is 16.8. The molecule has 32 heavy (non-hydrogen) atoms. The Morgan fingerprint density at radius 3 is 2.53 bits per heavy atom. The molecule has 0 saturated carbocycles. The van der Waals surface area contributed by atoms with E-state index in [9.17, 15) is 9.59 Å². The Balaban J connectivity index is 1.31. The molecule has 1 aliphatic heterocycles. The summed E-state index contributed by atoms with van der Waals surface area (Å²) >= 11 is 6.42. The number of amides is 1. The SMILES string of the molecule is Cc1ccc2oc(C(=O)N3CCN(c4cnn(-c5ccccc5)c(=O)c4Cl)CC3)cc2c1. The van der Waals surface area contributed by atoms with Crippen LogP contribution < -0.4 is 10.5 Å². The number of carbonyl (C=O) groups is 1. The number of carbonyl (C=O) groups excluding carboxylic acids is 1. The van der Waals surface area contributed by atoms with Gasteiger partial charge in [0.2, 0.25) is 0 Å². The van der Waals surface area contributed by atoms with Gasteiger partial charge >= 0.3 is 0 Å². The maximum atomic E-state index is 12.9. The molecule has 1 saturated heterocycles. The third-order valence-corrected chi connectivity index (χ3v) is 6.05. The molecule has 2 aromatic heterocycles. The number of furan rings is 1. The minimum atomic E-state index is -0.369. The van der Waals surface area contributed by atoms with Gasteiger partial charge in [0.25, 0.3) is 11.5 Å². The van der Waals surface area contributed by atoms with Crippen LogP contribution >= 0.6 is 11.6 Å². The molecular weight excluding hydrogens is 428 g/mol. The lowest BCUT2D eigenvalue weighted by Gasteiger charge is -2.35. The first-order valence-corrected chi connectivity index (χ1v) is 10.8. The highest BCUT2D eigenvalue weighted by atomic mass is 35.5. The van der Waals surface area contributed by atoms with Crippen molar-refractivity contribution in [3.63, 3.8) is 0 Å². The number of halogens is 1. The van der Waals surface area contributed by atoms with Crippen LogP contribution in [0.4, 0.5) is 5.69 Å². The van der Waals surface area contributed by atoms with E-state index in [1.807, 2.05) is 48.2 Å². The van der Waals surface area contributed by atoms with Crippen molar-refractivity contribution in [2.45, 2.75) is 6.92 Å². The smallest absolute Gasteiger partial charge is 0.292 e. The van der Waals surface area contributed by atoms with E-state index in [1.54, 1.807) is 29.3 Å². The molecule has 8 heteroatoms. The van der Waals surface area contributed by atoms with Gasteiger partial charge in [0.15, 0.2) is 5.76 Å². The molecule has 5 rings (SSSR count). The van der Waals surface area contributed by atoms with E-state index in [0.29, 0.717) is 48.9 Å². The van der Waals surface area contributed by atoms with Gasteiger partial charge < -0.3 is 14.2 Å². The van der Waals surface area contributed by atoms with Crippen molar-refractivity contribution in [1.82, 2.24) is 14.7 Å². The molecule has 0 radical (unpaired) electrons. The Morgan fingerprint density at radius 2 is 1.78 bits per heavy atom. The molecule has 3 heterocycles. The number of hydrogen-bond acceptors (Lipinski definition) is 5. The number of nitrogens with zero attached hydrogens (tertiary/aromatic N) is 4. The fourth-order valence-corrected chi connectivity index (χ4v) is 4.22. The number of aryl methyl sites for hydroxylation is 1. The van der Waals surface area contributed by atoms with Gasteiger partial charge in [0.1, 0.15) is 10.6 Å². The summed E-state index contributed by atoms with van der Waals surface area (Å²) in [5.74, 6) is 0.200. The van der Waals surface area contributed by atoms with Gasteiger partial charge in [-0.05, 0) is 37.3 Å². The zero-order valence-electron chi connectivity index (χ0n) is 17.5. The fraction of sp³-hybridized carbons (Fsp3) is 0.208. The van der Waals surface area contributed by atoms with Crippen LogP contribution in [0.15, 0.2) is 70.0 Å². The number of aromatic nitrogens is 2. The molecule has 0 bridgehead atoms. The maximum absolute atomic E-state index is 12.9. The Labute approximate surface area is 189 Å². The molecule has 0 aliphatic carbocycles. The van der Waals surface area contributed by atoms with Crippen LogP contribution in [0.1, 0.15) is 16.1 Å². The predicted octanol–water partition coefficient (Wildman–Crippen LogP) is 3.90. The molecular formula is C24H21ClN4O3. The first-order valence-electron chi connectivity index (χ1n) is 10.4. The average molecular weight is 449 g/mol. The van der Waals surface area contributed by atoms with Crippen LogP contribution in [0.5, 0.6) is 0 Å². The highest BCUT2D eigenvalue weighted by molar-refractivity contribution is 6.33. The van der Waals surface area contributed by atoms with Crippen molar-refractivity contribution in [1.29, 1.82) is 0 Å². The lowest BCUT2D eigenvalue weighted by molar-refractivity contribution is 0.0717. The van der Waals surface area contributed by atoms with Crippen molar-refractivity contribution >= 4 is 34.2 Å². The van der Waals surface area contributed by atoms with Crippen molar-refractivity contribution in [2.24, 2.45) is 0 Å². The number of fused-ring (bicyclic) bond motifs is 1. The van der Waals surface area contributed by atoms with Gasteiger partial charge in [0.05, 0.1) is 17.6 Å². The second-order valence-corrected chi connectivity index (χ2v) is 8.21. The summed E-state index contributed by atoms with van der Waals surface area (Å²) in [4.78, 5) is 29.4. The molecule has 1 aliphatic rings. The van der Waals surface area contributed by atoms with Crippen LogP contribution in [0, 0.1) is 6.92 Å². The van der Waals surface area contributed by atoms with Gasteiger partial charge in [-0.2, -0.15) is 9.78 Å². The average Bonchev–Trinajstić information content (AvgIpc) is 3.24. The molecule has 1 amide bonds. The Hall–Kier alpha value is -3.58. The largest absolute Gasteiger partial charge is 0.451 e. The highest BCUT2D eigenvalue weighted by Crippen LogP contribution is 2.25. The predicted molar refractivity (Wildman–Crippen MR) is 124 cm³/mol. The van der Waals surface area contributed by atoms with Gasteiger partial charge in [-0.15, -0.1) is 0 Å². The van der Waals surface area contributed by atoms with E-state index in [2.05, 4.69) is 5.10 Å². The number of piperazine rings is 1. The minimum Gasteiger partial charge on any atom is -0.451 e. The molecule has 7 nitrogen and oxygen atoms in total. The fourth-order valence-electron chi connectivity index (χ4n) is 3.97. The molecule has 4 aromatic rings. The van der Waals surface area contributed by atoms with Gasteiger partial charge in [-0.25, -0.2) is 0 Å². The topological polar surface area (TPSA) is 71.6 Å². The third kappa shape index (κ3) is 3.65. The summed E-state index contributed by atoms with van der Waals surface area (Å²) in [6.45, 7) is 4.08. The molecule has 162 valence electrons. The van der Waals surface area contributed by atoms with Crippen LogP contribution in [-0.4, -0.2) is 46.8 Å². The van der Waals surface area contributed by atoms with Crippen LogP contribution in [0.2, 0.25) is 5.02 Å². The van der Waals surface area contributed by atoms with E-state index in [-0.39, 0.29) is 16.5 Å². The van der Waals surface area contributed by atoms with Gasteiger partial charge in [-0.3, -0.25) is 9.59 Å². The molecule has 1 fully saturated rings. The Morgan fingerprint density at radius 1 is 1.03 bits per heavy atom. The number of para-hydroxylation sites is 1. The van der Waals surface area contributed by atoms with Crippen LogP contribution in [0.3, 0.4) is 0 Å². The molecule has 0 atom stereocenters. The Kier molecular flexibility index (Phi) is 5.19. The van der Waals surface area contributed by atoms with E-state index in [0.717, 1.165) is 10.9 Å². The van der Waals surface area contributed by atoms with E-state index in [4.69, 9.17) is 16.0 Å². The van der Waals surface area contributed by atoms with Crippen molar-refractivity contribution in [3.8, 4) is 5.69 Å². The summed E-state index contributed by atoms with van der Waals surface area (Å²) in [5, 5.41) is 5.34. The second kappa shape index (κ2) is 8.16. The third-order valence-electron chi connectivity index (χ3n) is 5.69. The van der Waals surface area contributed by atoms with E-state index >= 15 is 0 Å². The summed E-state index contributed by atoms with van der Waals surface area (Å²) in [7, 11) is 0.